The summed E-state index contributed by atoms with van der Waals surface area (Å²) in [4.78, 5) is 67.6. The van der Waals surface area contributed by atoms with Gasteiger partial charge in [0.15, 0.2) is 11.6 Å². The zero-order valence-corrected chi connectivity index (χ0v) is 25.3. The van der Waals surface area contributed by atoms with Crippen molar-refractivity contribution >= 4 is 28.9 Å². The van der Waals surface area contributed by atoms with E-state index < -0.39 is 17.3 Å². The maximum atomic E-state index is 13.6. The van der Waals surface area contributed by atoms with Crippen LogP contribution in [0.25, 0.3) is 0 Å². The van der Waals surface area contributed by atoms with Gasteiger partial charge in [-0.25, -0.2) is 0 Å². The number of aryl methyl sites for hydroxylation is 6. The van der Waals surface area contributed by atoms with E-state index in [1.54, 1.807) is 64.1 Å². The van der Waals surface area contributed by atoms with Crippen LogP contribution in [-0.2, 0) is 4.79 Å². The summed E-state index contributed by atoms with van der Waals surface area (Å²) < 4.78 is 0. The molecule has 0 spiro atoms. The Balaban J connectivity index is 1.73. The van der Waals surface area contributed by atoms with E-state index in [4.69, 9.17) is 0 Å². The molecular formula is C37H34O5. The number of Topliss-reactive ketones (excluding diaryl/α,β-unsaturated/α-hetero) is 3. The topological polar surface area (TPSA) is 85.3 Å². The molecule has 0 amide bonds. The molecule has 0 bridgehead atoms. The Bertz CT molecular complexity index is 1700. The van der Waals surface area contributed by atoms with Crippen LogP contribution in [0.1, 0.15) is 97.1 Å². The Morgan fingerprint density at radius 3 is 1.07 bits per heavy atom. The first-order valence-corrected chi connectivity index (χ1v) is 13.8. The fourth-order valence-electron chi connectivity index (χ4n) is 5.64. The van der Waals surface area contributed by atoms with Crippen LogP contribution in [0, 0.1) is 55.4 Å². The summed E-state index contributed by atoms with van der Waals surface area (Å²) in [6.07, 6.45) is 0. The predicted molar refractivity (Wildman–Crippen MR) is 164 cm³/mol. The van der Waals surface area contributed by atoms with Gasteiger partial charge >= 0.3 is 0 Å². The van der Waals surface area contributed by atoms with E-state index >= 15 is 0 Å². The van der Waals surface area contributed by atoms with Crippen molar-refractivity contribution < 1.29 is 24.0 Å². The van der Waals surface area contributed by atoms with Gasteiger partial charge in [0.1, 0.15) is 0 Å². The second-order valence-corrected chi connectivity index (χ2v) is 11.1. The molecule has 0 heterocycles. The molecule has 0 fully saturated rings. The van der Waals surface area contributed by atoms with Crippen molar-refractivity contribution in [1.29, 1.82) is 0 Å². The summed E-state index contributed by atoms with van der Waals surface area (Å²) in [5, 5.41) is 0. The third-order valence-electron chi connectivity index (χ3n) is 7.96. The van der Waals surface area contributed by atoms with Crippen molar-refractivity contribution in [2.75, 3.05) is 0 Å². The van der Waals surface area contributed by atoms with E-state index in [9.17, 15) is 24.0 Å². The average molecular weight is 559 g/mol. The highest BCUT2D eigenvalue weighted by Gasteiger charge is 2.32. The van der Waals surface area contributed by atoms with Crippen LogP contribution in [0.3, 0.4) is 0 Å². The third kappa shape index (κ3) is 5.42. The van der Waals surface area contributed by atoms with Crippen LogP contribution >= 0.6 is 0 Å². The van der Waals surface area contributed by atoms with Crippen LogP contribution in [0.2, 0.25) is 0 Å². The molecule has 5 heteroatoms. The van der Waals surface area contributed by atoms with Gasteiger partial charge in [0.25, 0.3) is 5.78 Å². The first-order valence-electron chi connectivity index (χ1n) is 13.8. The fourth-order valence-corrected chi connectivity index (χ4v) is 5.64. The van der Waals surface area contributed by atoms with Crippen LogP contribution in [0.15, 0.2) is 60.7 Å². The number of carbonyl (C=O) groups excluding carboxylic acids is 5. The Kier molecular flexibility index (Phi) is 8.35. The van der Waals surface area contributed by atoms with Crippen LogP contribution < -0.4 is 0 Å². The average Bonchev–Trinajstić information content (AvgIpc) is 2.92. The SMILES string of the molecule is Cc1ccc(C(=O)c2ccc(C)c(C(=O)C(=O)C(=O)c3c(C)ccc(C(=O)c4ccc(C)cc4C)c3C)c2C)c(C)c1. The number of carbonyl (C=O) groups is 5. The van der Waals surface area contributed by atoms with Gasteiger partial charge in [0.05, 0.1) is 0 Å². The molecule has 5 nitrogen and oxygen atoms in total. The maximum absolute atomic E-state index is 13.6. The molecule has 0 unspecified atom stereocenters. The van der Waals surface area contributed by atoms with Crippen molar-refractivity contribution in [3.8, 4) is 0 Å². The van der Waals surface area contributed by atoms with Crippen LogP contribution in [0.4, 0.5) is 0 Å². The molecule has 4 rings (SSSR count). The highest BCUT2D eigenvalue weighted by Crippen LogP contribution is 2.27. The molecule has 4 aromatic rings. The highest BCUT2D eigenvalue weighted by atomic mass is 16.2. The molecule has 212 valence electrons. The van der Waals surface area contributed by atoms with E-state index in [1.807, 2.05) is 52.0 Å². The van der Waals surface area contributed by atoms with Crippen LogP contribution in [0.5, 0.6) is 0 Å². The minimum Gasteiger partial charge on any atom is -0.289 e. The minimum absolute atomic E-state index is 0.0433. The number of hydrogen-bond acceptors (Lipinski definition) is 5. The number of ketones is 5. The number of rotatable bonds is 8. The van der Waals surface area contributed by atoms with E-state index in [0.29, 0.717) is 44.5 Å². The number of benzene rings is 4. The molecule has 0 N–H and O–H groups in total. The second kappa shape index (κ2) is 11.6. The molecule has 0 saturated heterocycles. The van der Waals surface area contributed by atoms with Crippen molar-refractivity contribution in [3.63, 3.8) is 0 Å². The molecule has 0 atom stereocenters. The van der Waals surface area contributed by atoms with Gasteiger partial charge in [-0.3, -0.25) is 24.0 Å². The van der Waals surface area contributed by atoms with Crippen molar-refractivity contribution in [3.05, 3.63) is 139 Å². The lowest BCUT2D eigenvalue weighted by Crippen LogP contribution is -2.28. The number of hydrogen-bond donors (Lipinski definition) is 0. The molecule has 0 aliphatic carbocycles. The summed E-state index contributed by atoms with van der Waals surface area (Å²) in [6.45, 7) is 14.2. The maximum Gasteiger partial charge on any atom is 0.273 e. The summed E-state index contributed by atoms with van der Waals surface area (Å²) in [6, 6.07) is 17.5. The van der Waals surface area contributed by atoms with Gasteiger partial charge in [-0.05, 0) is 88.8 Å². The van der Waals surface area contributed by atoms with E-state index in [-0.39, 0.29) is 22.7 Å². The molecule has 0 saturated carbocycles. The van der Waals surface area contributed by atoms with E-state index in [2.05, 4.69) is 0 Å². The zero-order valence-electron chi connectivity index (χ0n) is 25.3. The van der Waals surface area contributed by atoms with Crippen molar-refractivity contribution in [1.82, 2.24) is 0 Å². The predicted octanol–water partition coefficient (Wildman–Crippen LogP) is 7.25. The smallest absolute Gasteiger partial charge is 0.273 e. The molecule has 0 aromatic heterocycles. The third-order valence-corrected chi connectivity index (χ3v) is 7.96. The van der Waals surface area contributed by atoms with Gasteiger partial charge in [-0.15, -0.1) is 0 Å². The Labute approximate surface area is 246 Å². The van der Waals surface area contributed by atoms with Gasteiger partial charge in [0, 0.05) is 33.4 Å². The van der Waals surface area contributed by atoms with Crippen molar-refractivity contribution in [2.45, 2.75) is 55.4 Å². The molecule has 4 aromatic carbocycles. The first kappa shape index (κ1) is 30.2. The summed E-state index contributed by atoms with van der Waals surface area (Å²) >= 11 is 0. The fraction of sp³-hybridized carbons (Fsp3) is 0.216. The molecule has 0 radical (unpaired) electrons. The summed E-state index contributed by atoms with van der Waals surface area (Å²) in [7, 11) is 0. The molecule has 0 aliphatic heterocycles. The lowest BCUT2D eigenvalue weighted by atomic mass is 9.85. The lowest BCUT2D eigenvalue weighted by molar-refractivity contribution is -0.111. The van der Waals surface area contributed by atoms with Crippen molar-refractivity contribution in [2.24, 2.45) is 0 Å². The van der Waals surface area contributed by atoms with E-state index in [0.717, 1.165) is 22.3 Å². The highest BCUT2D eigenvalue weighted by molar-refractivity contribution is 6.70. The molecular weight excluding hydrogens is 524 g/mol. The standard InChI is InChI=1S/C37H34O5/c1-19-9-13-27(23(5)17-19)33(38)29-15-11-21(3)31(25(29)7)35(40)37(42)36(41)32-22(4)12-16-30(26(32)8)34(39)28-14-10-20(2)18-24(28)6/h9-18H,1-8H3. The zero-order chi connectivity index (χ0) is 31.0. The van der Waals surface area contributed by atoms with Gasteiger partial charge in [0.2, 0.25) is 11.6 Å². The Hall–Kier alpha value is -4.77. The normalized spacial score (nSPS) is 10.9. The van der Waals surface area contributed by atoms with Gasteiger partial charge in [-0.1, -0.05) is 71.8 Å². The van der Waals surface area contributed by atoms with Crippen LogP contribution in [-0.4, -0.2) is 28.9 Å². The monoisotopic (exact) mass is 558 g/mol. The second-order valence-electron chi connectivity index (χ2n) is 11.1. The molecule has 42 heavy (non-hydrogen) atoms. The summed E-state index contributed by atoms with van der Waals surface area (Å²) in [5.74, 6) is -3.69. The largest absolute Gasteiger partial charge is 0.289 e. The first-order chi connectivity index (χ1) is 19.7. The minimum atomic E-state index is -1.21. The summed E-state index contributed by atoms with van der Waals surface area (Å²) in [5.41, 5.74) is 7.01. The van der Waals surface area contributed by atoms with E-state index in [1.165, 1.54) is 0 Å². The lowest BCUT2D eigenvalue weighted by Gasteiger charge is -2.15. The quantitative estimate of drug-likeness (QED) is 0.129. The molecule has 0 aliphatic rings. The van der Waals surface area contributed by atoms with Gasteiger partial charge < -0.3 is 0 Å². The Morgan fingerprint density at radius 1 is 0.405 bits per heavy atom. The van der Waals surface area contributed by atoms with Gasteiger partial charge in [-0.2, -0.15) is 0 Å². The Morgan fingerprint density at radius 2 is 0.738 bits per heavy atom.